The molecule has 0 fully saturated rings. The summed E-state index contributed by atoms with van der Waals surface area (Å²) >= 11 is 1.37. The third-order valence-corrected chi connectivity index (χ3v) is 5.23. The highest BCUT2D eigenvalue weighted by Gasteiger charge is 2.17. The zero-order valence-corrected chi connectivity index (χ0v) is 16.7. The van der Waals surface area contributed by atoms with Crippen LogP contribution in [0.3, 0.4) is 0 Å². The Kier molecular flexibility index (Phi) is 7.08. The van der Waals surface area contributed by atoms with Gasteiger partial charge in [0, 0.05) is 13.1 Å². The van der Waals surface area contributed by atoms with Crippen molar-refractivity contribution in [3.8, 4) is 11.4 Å². The van der Waals surface area contributed by atoms with Crippen molar-refractivity contribution in [3.63, 3.8) is 0 Å². The van der Waals surface area contributed by atoms with Gasteiger partial charge in [-0.25, -0.2) is 0 Å². The Morgan fingerprint density at radius 3 is 2.82 bits per heavy atom. The molecule has 2 heterocycles. The van der Waals surface area contributed by atoms with Gasteiger partial charge in [-0.1, -0.05) is 48.2 Å². The molecule has 0 radical (unpaired) electrons. The minimum absolute atomic E-state index is 0.00717. The molecule has 1 amide bonds. The third kappa shape index (κ3) is 5.13. The van der Waals surface area contributed by atoms with E-state index in [4.69, 9.17) is 4.42 Å². The van der Waals surface area contributed by atoms with Gasteiger partial charge in [-0.15, -0.1) is 16.8 Å². The van der Waals surface area contributed by atoms with Crippen LogP contribution in [0.5, 0.6) is 0 Å². The lowest BCUT2D eigenvalue weighted by atomic mass is 10.1. The second kappa shape index (κ2) is 9.94. The normalized spacial score (nSPS) is 10.8. The number of nitrogens with zero attached hydrogens (tertiary/aromatic N) is 3. The van der Waals surface area contributed by atoms with Crippen LogP contribution < -0.4 is 5.32 Å². The number of allylic oxidation sites excluding steroid dienone is 1. The molecular formula is C21H24N4O2S. The van der Waals surface area contributed by atoms with Crippen molar-refractivity contribution >= 4 is 17.7 Å². The first-order valence-electron chi connectivity index (χ1n) is 9.21. The van der Waals surface area contributed by atoms with Crippen LogP contribution in [0.15, 0.2) is 64.9 Å². The summed E-state index contributed by atoms with van der Waals surface area (Å²) in [5.74, 6) is 1.79. The number of aryl methyl sites for hydroxylation is 2. The van der Waals surface area contributed by atoms with Gasteiger partial charge in [0.05, 0.1) is 17.6 Å². The van der Waals surface area contributed by atoms with E-state index in [1.54, 1.807) is 12.3 Å². The van der Waals surface area contributed by atoms with Crippen LogP contribution in [0.25, 0.3) is 11.4 Å². The summed E-state index contributed by atoms with van der Waals surface area (Å²) < 4.78 is 7.31. The number of hydrogen-bond donors (Lipinski definition) is 1. The van der Waals surface area contributed by atoms with Crippen molar-refractivity contribution in [1.29, 1.82) is 0 Å². The van der Waals surface area contributed by atoms with E-state index in [-0.39, 0.29) is 5.91 Å². The van der Waals surface area contributed by atoms with Crippen molar-refractivity contribution in [2.75, 3.05) is 12.3 Å². The highest BCUT2D eigenvalue weighted by Crippen LogP contribution is 2.26. The largest absolute Gasteiger partial charge is 0.469 e. The maximum absolute atomic E-state index is 12.2. The van der Waals surface area contributed by atoms with Crippen LogP contribution in [0.1, 0.15) is 17.7 Å². The van der Waals surface area contributed by atoms with E-state index >= 15 is 0 Å². The van der Waals surface area contributed by atoms with Gasteiger partial charge in [0.25, 0.3) is 0 Å². The third-order valence-electron chi connectivity index (χ3n) is 4.27. The van der Waals surface area contributed by atoms with Crippen LogP contribution in [0.2, 0.25) is 0 Å². The van der Waals surface area contributed by atoms with Gasteiger partial charge in [0.15, 0.2) is 11.0 Å². The van der Waals surface area contributed by atoms with Crippen molar-refractivity contribution < 1.29 is 9.21 Å². The highest BCUT2D eigenvalue weighted by atomic mass is 32.2. The van der Waals surface area contributed by atoms with E-state index < -0.39 is 0 Å². The number of benzene rings is 1. The van der Waals surface area contributed by atoms with Crippen molar-refractivity contribution in [3.05, 3.63) is 66.6 Å². The molecule has 7 heteroatoms. The van der Waals surface area contributed by atoms with Gasteiger partial charge in [-0.05, 0) is 31.4 Å². The minimum atomic E-state index is -0.00717. The number of thioether (sulfide) groups is 1. The predicted molar refractivity (Wildman–Crippen MR) is 111 cm³/mol. The summed E-state index contributed by atoms with van der Waals surface area (Å²) in [7, 11) is 0. The van der Waals surface area contributed by atoms with E-state index in [2.05, 4.69) is 34.2 Å². The first-order chi connectivity index (χ1) is 13.7. The molecule has 0 bridgehead atoms. The molecule has 1 N–H and O–H groups in total. The average Bonchev–Trinajstić information content (AvgIpc) is 3.30. The Balaban J connectivity index is 1.51. The van der Waals surface area contributed by atoms with Crippen LogP contribution in [-0.4, -0.2) is 33.0 Å². The Labute approximate surface area is 169 Å². The quantitative estimate of drug-likeness (QED) is 0.320. The lowest BCUT2D eigenvalue weighted by Gasteiger charge is -2.08. The minimum Gasteiger partial charge on any atom is -0.469 e. The van der Waals surface area contributed by atoms with Crippen LogP contribution in [0, 0.1) is 6.92 Å². The summed E-state index contributed by atoms with van der Waals surface area (Å²) in [5, 5.41) is 12.2. The fraction of sp³-hybridized carbons (Fsp3) is 0.286. The van der Waals surface area contributed by atoms with E-state index in [9.17, 15) is 4.79 Å². The van der Waals surface area contributed by atoms with Gasteiger partial charge in [-0.2, -0.15) is 0 Å². The van der Waals surface area contributed by atoms with Crippen molar-refractivity contribution in [2.24, 2.45) is 0 Å². The highest BCUT2D eigenvalue weighted by molar-refractivity contribution is 7.99. The number of carbonyl (C=O) groups excluding carboxylic acids is 1. The molecule has 146 valence electrons. The number of aromatic nitrogens is 3. The molecule has 0 saturated carbocycles. The standard InChI is InChI=1S/C21H24N4O2S/c1-3-13-25-20(18-11-14-27-16(18)2)23-24-21(25)28-15-19(26)22-12-7-10-17-8-5-4-6-9-17/h3-6,8-9,11,14H,1,7,10,12-13,15H2,2H3,(H,22,26). The summed E-state index contributed by atoms with van der Waals surface area (Å²) in [6, 6.07) is 12.1. The molecule has 0 unspecified atom stereocenters. The molecule has 2 aromatic heterocycles. The predicted octanol–water partition coefficient (Wildman–Crippen LogP) is 3.87. The number of furan rings is 1. The molecule has 0 atom stereocenters. The van der Waals surface area contributed by atoms with Gasteiger partial charge in [-0.3, -0.25) is 9.36 Å². The molecule has 0 aliphatic heterocycles. The Morgan fingerprint density at radius 1 is 1.29 bits per heavy atom. The first-order valence-corrected chi connectivity index (χ1v) is 10.2. The van der Waals surface area contributed by atoms with Crippen molar-refractivity contribution in [1.82, 2.24) is 20.1 Å². The smallest absolute Gasteiger partial charge is 0.230 e. The van der Waals surface area contributed by atoms with Gasteiger partial charge in [0.2, 0.25) is 5.91 Å². The average molecular weight is 397 g/mol. The molecule has 0 saturated heterocycles. The van der Waals surface area contributed by atoms with E-state index in [1.807, 2.05) is 35.8 Å². The molecule has 3 rings (SSSR count). The summed E-state index contributed by atoms with van der Waals surface area (Å²) in [6.07, 6.45) is 5.29. The maximum atomic E-state index is 12.2. The molecule has 0 aliphatic carbocycles. The van der Waals surface area contributed by atoms with Crippen LogP contribution in [-0.2, 0) is 17.8 Å². The summed E-state index contributed by atoms with van der Waals surface area (Å²) in [6.45, 7) is 6.91. The molecule has 1 aromatic carbocycles. The van der Waals surface area contributed by atoms with E-state index in [1.165, 1.54) is 17.3 Å². The first kappa shape index (κ1) is 19.9. The van der Waals surface area contributed by atoms with Crippen LogP contribution in [0.4, 0.5) is 0 Å². The Hall–Kier alpha value is -2.80. The van der Waals surface area contributed by atoms with Gasteiger partial charge >= 0.3 is 0 Å². The Bertz CT molecular complexity index is 918. The number of nitrogens with one attached hydrogen (secondary N) is 1. The number of hydrogen-bond acceptors (Lipinski definition) is 5. The molecule has 0 aliphatic rings. The van der Waals surface area contributed by atoms with Crippen LogP contribution >= 0.6 is 11.8 Å². The summed E-state index contributed by atoms with van der Waals surface area (Å²) in [4.78, 5) is 12.2. The molecular weight excluding hydrogens is 372 g/mol. The lowest BCUT2D eigenvalue weighted by molar-refractivity contribution is -0.118. The monoisotopic (exact) mass is 396 g/mol. The molecule has 0 spiro atoms. The zero-order chi connectivity index (χ0) is 19.8. The van der Waals surface area contributed by atoms with Gasteiger partial charge < -0.3 is 9.73 Å². The fourth-order valence-electron chi connectivity index (χ4n) is 2.85. The van der Waals surface area contributed by atoms with Crippen molar-refractivity contribution in [2.45, 2.75) is 31.5 Å². The second-order valence-electron chi connectivity index (χ2n) is 6.32. The molecule has 6 nitrogen and oxygen atoms in total. The second-order valence-corrected chi connectivity index (χ2v) is 7.27. The molecule has 28 heavy (non-hydrogen) atoms. The Morgan fingerprint density at radius 2 is 2.11 bits per heavy atom. The van der Waals surface area contributed by atoms with E-state index in [0.717, 1.165) is 30.0 Å². The lowest BCUT2D eigenvalue weighted by Crippen LogP contribution is -2.26. The summed E-state index contributed by atoms with van der Waals surface area (Å²) in [5.41, 5.74) is 2.18. The van der Waals surface area contributed by atoms with Gasteiger partial charge in [0.1, 0.15) is 5.76 Å². The zero-order valence-electron chi connectivity index (χ0n) is 15.9. The topological polar surface area (TPSA) is 73.0 Å². The fourth-order valence-corrected chi connectivity index (χ4v) is 3.63. The SMILES string of the molecule is C=CCn1c(SCC(=O)NCCCc2ccccc2)nnc1-c1ccoc1C. The van der Waals surface area contributed by atoms with E-state index in [0.29, 0.717) is 24.0 Å². The maximum Gasteiger partial charge on any atom is 0.230 e. The number of carbonyl (C=O) groups is 1. The number of rotatable bonds is 10. The number of amides is 1. The molecule has 3 aromatic rings.